The van der Waals surface area contributed by atoms with Gasteiger partial charge in [0, 0.05) is 24.9 Å². The fraction of sp³-hybridized carbons (Fsp3) is 0.379. The third-order valence-electron chi connectivity index (χ3n) is 7.32. The zero-order valence-electron chi connectivity index (χ0n) is 20.7. The van der Waals surface area contributed by atoms with Crippen LogP contribution in [-0.4, -0.2) is 26.9 Å². The van der Waals surface area contributed by atoms with Gasteiger partial charge in [-0.25, -0.2) is 4.79 Å². The third-order valence-corrected chi connectivity index (χ3v) is 7.32. The maximum atomic E-state index is 12.9. The van der Waals surface area contributed by atoms with Gasteiger partial charge in [0.25, 0.3) is 0 Å². The number of esters is 1. The van der Waals surface area contributed by atoms with Crippen LogP contribution in [0.2, 0.25) is 0 Å². The number of carbonyl (C=O) groups excluding carboxylic acids is 3. The van der Waals surface area contributed by atoms with Crippen LogP contribution >= 0.6 is 0 Å². The van der Waals surface area contributed by atoms with Crippen LogP contribution in [0.3, 0.4) is 0 Å². The summed E-state index contributed by atoms with van der Waals surface area (Å²) in [5, 5.41) is 2.32. The molecule has 1 aliphatic heterocycles. The van der Waals surface area contributed by atoms with E-state index in [0.717, 1.165) is 36.8 Å². The topological polar surface area (TPSA) is 99.4 Å². The number of nitrogens with zero attached hydrogens (tertiary/aromatic N) is 2. The summed E-state index contributed by atoms with van der Waals surface area (Å²) in [6.45, 7) is 0.301. The number of fused-ring (bicyclic) bond motifs is 1. The molecule has 0 radical (unpaired) electrons. The van der Waals surface area contributed by atoms with Crippen molar-refractivity contribution in [1.29, 1.82) is 0 Å². The summed E-state index contributed by atoms with van der Waals surface area (Å²) < 4.78 is 8.48. The molecule has 1 aromatic heterocycles. The number of piperidine rings is 1. The molecule has 2 aliphatic rings. The largest absolute Gasteiger partial charge is 0.461 e. The number of hydrogen-bond acceptors (Lipinski definition) is 5. The molecule has 2 amide bonds. The van der Waals surface area contributed by atoms with E-state index in [1.807, 2.05) is 48.5 Å². The molecule has 1 saturated heterocycles. The molecule has 1 atom stereocenters. The lowest BCUT2D eigenvalue weighted by Gasteiger charge is -2.24. The second kappa shape index (κ2) is 10.5. The van der Waals surface area contributed by atoms with Crippen molar-refractivity contribution in [2.45, 2.75) is 51.2 Å². The molecule has 1 aliphatic carbocycles. The summed E-state index contributed by atoms with van der Waals surface area (Å²) >= 11 is 0. The normalized spacial score (nSPS) is 21.7. The van der Waals surface area contributed by atoms with Crippen LogP contribution in [0.15, 0.2) is 53.3 Å². The van der Waals surface area contributed by atoms with E-state index in [0.29, 0.717) is 24.1 Å². The van der Waals surface area contributed by atoms with Crippen molar-refractivity contribution in [3.63, 3.8) is 0 Å². The molecule has 3 aromatic rings. The molecule has 2 aromatic carbocycles. The van der Waals surface area contributed by atoms with Crippen molar-refractivity contribution in [2.75, 3.05) is 0 Å². The SMILES string of the molecule is Cn1c(=O)n(C2CCC(=O)NC2=O)c2ccc(C#C[C@H]3CC[C@H](C(=O)OCc4ccccc4)CC3)cc21. The van der Waals surface area contributed by atoms with Gasteiger partial charge in [0.2, 0.25) is 11.8 Å². The van der Waals surface area contributed by atoms with Crippen LogP contribution in [-0.2, 0) is 32.8 Å². The minimum atomic E-state index is -0.708. The van der Waals surface area contributed by atoms with Gasteiger partial charge in [-0.05, 0) is 55.9 Å². The van der Waals surface area contributed by atoms with Crippen molar-refractivity contribution in [2.24, 2.45) is 18.9 Å². The Hall–Kier alpha value is -4.12. The number of rotatable bonds is 4. The maximum absolute atomic E-state index is 12.9. The highest BCUT2D eigenvalue weighted by Crippen LogP contribution is 2.30. The predicted molar refractivity (Wildman–Crippen MR) is 137 cm³/mol. The molecule has 8 heteroatoms. The van der Waals surface area contributed by atoms with E-state index in [4.69, 9.17) is 4.74 Å². The van der Waals surface area contributed by atoms with Gasteiger partial charge in [0.15, 0.2) is 0 Å². The Bertz CT molecular complexity index is 1470. The lowest BCUT2D eigenvalue weighted by Crippen LogP contribution is -2.44. The third kappa shape index (κ3) is 5.21. The lowest BCUT2D eigenvalue weighted by atomic mass is 9.82. The molecule has 37 heavy (non-hydrogen) atoms. The van der Waals surface area contributed by atoms with Gasteiger partial charge in [-0.2, -0.15) is 0 Å². The van der Waals surface area contributed by atoms with Gasteiger partial charge >= 0.3 is 11.7 Å². The van der Waals surface area contributed by atoms with Gasteiger partial charge in [0.1, 0.15) is 12.6 Å². The number of hydrogen-bond donors (Lipinski definition) is 1. The molecule has 0 bridgehead atoms. The van der Waals surface area contributed by atoms with E-state index in [1.54, 1.807) is 7.05 Å². The molecule has 5 rings (SSSR count). The van der Waals surface area contributed by atoms with Crippen LogP contribution < -0.4 is 11.0 Å². The Labute approximate surface area is 214 Å². The van der Waals surface area contributed by atoms with Crippen molar-refractivity contribution in [1.82, 2.24) is 14.5 Å². The summed E-state index contributed by atoms with van der Waals surface area (Å²) in [6.07, 6.45) is 3.70. The molecule has 1 saturated carbocycles. The van der Waals surface area contributed by atoms with Crippen LogP contribution in [0.5, 0.6) is 0 Å². The molecule has 1 unspecified atom stereocenters. The number of carbonyl (C=O) groups is 3. The highest BCUT2D eigenvalue weighted by Gasteiger charge is 2.31. The molecule has 2 heterocycles. The van der Waals surface area contributed by atoms with E-state index >= 15 is 0 Å². The van der Waals surface area contributed by atoms with Crippen molar-refractivity contribution in [3.05, 3.63) is 70.1 Å². The number of ether oxygens (including phenoxy) is 1. The van der Waals surface area contributed by atoms with Crippen LogP contribution in [0.4, 0.5) is 0 Å². The average molecular weight is 500 g/mol. The number of benzene rings is 2. The summed E-state index contributed by atoms with van der Waals surface area (Å²) in [7, 11) is 1.67. The second-order valence-corrected chi connectivity index (χ2v) is 9.79. The minimum Gasteiger partial charge on any atom is -0.461 e. The number of nitrogens with one attached hydrogen (secondary N) is 1. The van der Waals surface area contributed by atoms with Crippen LogP contribution in [0.1, 0.15) is 55.7 Å². The Balaban J connectivity index is 1.23. The highest BCUT2D eigenvalue weighted by molar-refractivity contribution is 6.00. The Kier molecular flexibility index (Phi) is 6.95. The van der Waals surface area contributed by atoms with Crippen LogP contribution in [0, 0.1) is 23.7 Å². The maximum Gasteiger partial charge on any atom is 0.329 e. The van der Waals surface area contributed by atoms with Crippen molar-refractivity contribution >= 4 is 28.8 Å². The van der Waals surface area contributed by atoms with E-state index in [2.05, 4.69) is 17.2 Å². The number of amides is 2. The van der Waals surface area contributed by atoms with Crippen molar-refractivity contribution < 1.29 is 19.1 Å². The molecule has 190 valence electrons. The monoisotopic (exact) mass is 499 g/mol. The van der Waals surface area contributed by atoms with Gasteiger partial charge in [-0.3, -0.25) is 28.8 Å². The Morgan fingerprint density at radius 3 is 2.49 bits per heavy atom. The lowest BCUT2D eigenvalue weighted by molar-refractivity contribution is -0.151. The van der Waals surface area contributed by atoms with Gasteiger partial charge in [-0.1, -0.05) is 42.2 Å². The molecular formula is C29H29N3O5. The van der Waals surface area contributed by atoms with Crippen molar-refractivity contribution in [3.8, 4) is 11.8 Å². The quantitative estimate of drug-likeness (QED) is 0.338. The number of imidazole rings is 1. The first-order valence-electron chi connectivity index (χ1n) is 12.7. The summed E-state index contributed by atoms with van der Waals surface area (Å²) in [5.41, 5.74) is 2.80. The Morgan fingerprint density at radius 2 is 1.76 bits per heavy atom. The first-order chi connectivity index (χ1) is 17.9. The van der Waals surface area contributed by atoms with Gasteiger partial charge in [-0.15, -0.1) is 0 Å². The number of aryl methyl sites for hydroxylation is 1. The van der Waals surface area contributed by atoms with E-state index in [-0.39, 0.29) is 35.8 Å². The van der Waals surface area contributed by atoms with Gasteiger partial charge < -0.3 is 4.74 Å². The second-order valence-electron chi connectivity index (χ2n) is 9.79. The highest BCUT2D eigenvalue weighted by atomic mass is 16.5. The smallest absolute Gasteiger partial charge is 0.329 e. The predicted octanol–water partition coefficient (Wildman–Crippen LogP) is 3.22. The first kappa shape index (κ1) is 24.6. The Morgan fingerprint density at radius 1 is 1.00 bits per heavy atom. The van der Waals surface area contributed by atoms with Crippen LogP contribution in [0.25, 0.3) is 11.0 Å². The fourth-order valence-corrected chi connectivity index (χ4v) is 5.18. The zero-order chi connectivity index (χ0) is 25.9. The molecule has 1 N–H and O–H groups in total. The summed E-state index contributed by atoms with van der Waals surface area (Å²) in [6, 6.07) is 14.5. The minimum absolute atomic E-state index is 0.0836. The van der Waals surface area contributed by atoms with Gasteiger partial charge in [0.05, 0.1) is 17.0 Å². The molecule has 8 nitrogen and oxygen atoms in total. The summed E-state index contributed by atoms with van der Waals surface area (Å²) in [5.74, 6) is 5.79. The molecular weight excluding hydrogens is 470 g/mol. The average Bonchev–Trinajstić information content (AvgIpc) is 3.16. The molecule has 2 fully saturated rings. The van der Waals surface area contributed by atoms with E-state index < -0.39 is 11.9 Å². The fourth-order valence-electron chi connectivity index (χ4n) is 5.18. The first-order valence-corrected chi connectivity index (χ1v) is 12.7. The van der Waals surface area contributed by atoms with E-state index in [9.17, 15) is 19.2 Å². The standard InChI is InChI=1S/C29H29N3O5/c1-31-25-17-20(11-14-23(25)32(29(31)36)24-15-16-26(33)30-27(24)34)8-7-19-9-12-22(13-10-19)28(35)37-18-21-5-3-2-4-6-21/h2-6,11,14,17,19,22,24H,9-10,12-13,15-16,18H2,1H3,(H,30,33,34)/t19-,22-,24?. The number of imide groups is 1. The van der Waals surface area contributed by atoms with E-state index in [1.165, 1.54) is 9.13 Å². The number of aromatic nitrogens is 2. The zero-order valence-corrected chi connectivity index (χ0v) is 20.7. The summed E-state index contributed by atoms with van der Waals surface area (Å²) in [4.78, 5) is 49.3. The molecule has 0 spiro atoms.